The van der Waals surface area contributed by atoms with Crippen molar-refractivity contribution in [1.29, 1.82) is 0 Å². The molecule has 0 spiro atoms. The number of aryl methyl sites for hydroxylation is 1. The van der Waals surface area contributed by atoms with Crippen LogP contribution in [-0.4, -0.2) is 24.8 Å². The smallest absolute Gasteiger partial charge is 0.228 e. The summed E-state index contributed by atoms with van der Waals surface area (Å²) < 4.78 is 5.30. The number of amides is 1. The lowest BCUT2D eigenvalue weighted by Crippen LogP contribution is -2.03. The highest BCUT2D eigenvalue weighted by molar-refractivity contribution is 7.99. The molecule has 0 unspecified atom stereocenters. The molecule has 0 bridgehead atoms. The highest BCUT2D eigenvalue weighted by Gasteiger charge is 2.15. The van der Waals surface area contributed by atoms with Crippen LogP contribution in [0.15, 0.2) is 102 Å². The van der Waals surface area contributed by atoms with Crippen LogP contribution in [0.4, 0.5) is 11.4 Å². The first-order valence-corrected chi connectivity index (χ1v) is 20.8. The SMILES string of the molecule is C.C.C.CC(C)C.CC(C)C.CC(C)C.CC(C)C.O=C1Cc2ccccc2N1.c1ccc2c(c1)CCN2.c1ccc2c(c1)CCO2.c1ccc2c(c1)CCS2. The van der Waals surface area contributed by atoms with Crippen molar-refractivity contribution in [3.8, 4) is 5.75 Å². The third-order valence-corrected chi connectivity index (χ3v) is 7.69. The first-order chi connectivity index (χ1) is 25.2. The zero-order valence-corrected chi connectivity index (χ0v) is 36.0. The molecule has 0 radical (unpaired) electrons. The highest BCUT2D eigenvalue weighted by atomic mass is 32.2. The summed E-state index contributed by atoms with van der Waals surface area (Å²) in [6, 6.07) is 33.0. The predicted octanol–water partition coefficient (Wildman–Crippen LogP) is 15.3. The second-order valence-corrected chi connectivity index (χ2v) is 17.2. The molecule has 0 saturated carbocycles. The van der Waals surface area contributed by atoms with Gasteiger partial charge in [0, 0.05) is 35.0 Å². The van der Waals surface area contributed by atoms with Gasteiger partial charge < -0.3 is 15.4 Å². The third-order valence-electron chi connectivity index (χ3n) is 6.57. The molecule has 8 rings (SSSR count). The zero-order valence-electron chi connectivity index (χ0n) is 35.2. The minimum Gasteiger partial charge on any atom is -0.493 e. The monoisotopic (exact) mass is 789 g/mol. The Morgan fingerprint density at radius 3 is 1.46 bits per heavy atom. The summed E-state index contributed by atoms with van der Waals surface area (Å²) in [6.07, 6.45) is 4.07. The van der Waals surface area contributed by atoms with E-state index < -0.39 is 0 Å². The Hall–Kier alpha value is -3.70. The minimum atomic E-state index is 0. The van der Waals surface area contributed by atoms with Gasteiger partial charge in [0.1, 0.15) is 5.75 Å². The van der Waals surface area contributed by atoms with Gasteiger partial charge in [0.05, 0.1) is 13.0 Å². The van der Waals surface area contributed by atoms with Gasteiger partial charge in [0.2, 0.25) is 5.91 Å². The number of hydrogen-bond donors (Lipinski definition) is 2. The number of ether oxygens (including phenoxy) is 1. The molecule has 4 aliphatic heterocycles. The van der Waals surface area contributed by atoms with Gasteiger partial charge in [0.15, 0.2) is 0 Å². The molecular weight excluding hydrogens is 705 g/mol. The van der Waals surface area contributed by atoms with Crippen LogP contribution in [-0.2, 0) is 30.5 Å². The van der Waals surface area contributed by atoms with Crippen molar-refractivity contribution in [2.45, 2.75) is 136 Å². The summed E-state index contributed by atoms with van der Waals surface area (Å²) in [5.41, 5.74) is 7.72. The van der Waals surface area contributed by atoms with Gasteiger partial charge in [0.25, 0.3) is 0 Å². The van der Waals surface area contributed by atoms with Crippen molar-refractivity contribution >= 4 is 29.0 Å². The van der Waals surface area contributed by atoms with Gasteiger partial charge in [-0.25, -0.2) is 0 Å². The fraction of sp³-hybridized carbons (Fsp3) is 0.510. The molecule has 4 aliphatic rings. The van der Waals surface area contributed by atoms with E-state index in [1.54, 1.807) is 0 Å². The Morgan fingerprint density at radius 2 is 0.964 bits per heavy atom. The highest BCUT2D eigenvalue weighted by Crippen LogP contribution is 2.30. The van der Waals surface area contributed by atoms with E-state index in [0.717, 1.165) is 60.2 Å². The maximum atomic E-state index is 10.8. The molecular formula is C51H84N2O2S. The summed E-state index contributed by atoms with van der Waals surface area (Å²) in [5.74, 6) is 5.78. The topological polar surface area (TPSA) is 50.4 Å². The van der Waals surface area contributed by atoms with E-state index in [1.807, 2.05) is 54.2 Å². The van der Waals surface area contributed by atoms with Crippen molar-refractivity contribution in [3.05, 3.63) is 119 Å². The Morgan fingerprint density at radius 1 is 0.518 bits per heavy atom. The molecule has 0 atom stereocenters. The van der Waals surface area contributed by atoms with Crippen molar-refractivity contribution < 1.29 is 9.53 Å². The van der Waals surface area contributed by atoms with E-state index in [9.17, 15) is 4.79 Å². The summed E-state index contributed by atoms with van der Waals surface area (Å²) in [5, 5.41) is 6.06. The summed E-state index contributed by atoms with van der Waals surface area (Å²) in [4.78, 5) is 12.3. The fourth-order valence-electron chi connectivity index (χ4n) is 4.65. The number of anilines is 2. The quantitative estimate of drug-likeness (QED) is 0.186. The third kappa shape index (κ3) is 27.8. The number of rotatable bonds is 0. The lowest BCUT2D eigenvalue weighted by Gasteiger charge is -1.94. The predicted molar refractivity (Wildman–Crippen MR) is 256 cm³/mol. The van der Waals surface area contributed by atoms with E-state index in [0.29, 0.717) is 6.42 Å². The van der Waals surface area contributed by atoms with Crippen molar-refractivity contribution in [2.75, 3.05) is 29.5 Å². The van der Waals surface area contributed by atoms with Gasteiger partial charge in [-0.2, -0.15) is 0 Å². The molecule has 4 heterocycles. The molecule has 0 aliphatic carbocycles. The molecule has 0 aromatic heterocycles. The molecule has 5 heteroatoms. The Balaban J connectivity index is -0.000000587. The Labute approximate surface area is 351 Å². The second-order valence-electron chi connectivity index (χ2n) is 16.1. The molecule has 2 N–H and O–H groups in total. The van der Waals surface area contributed by atoms with E-state index in [2.05, 4.69) is 148 Å². The van der Waals surface area contributed by atoms with Crippen molar-refractivity contribution in [3.63, 3.8) is 0 Å². The fourth-order valence-corrected chi connectivity index (χ4v) is 5.72. The van der Waals surface area contributed by atoms with E-state index >= 15 is 0 Å². The summed E-state index contributed by atoms with van der Waals surface area (Å²) in [6.45, 7) is 28.0. The van der Waals surface area contributed by atoms with Crippen LogP contribution in [0.25, 0.3) is 0 Å². The number of benzene rings is 4. The summed E-state index contributed by atoms with van der Waals surface area (Å²) >= 11 is 1.97. The van der Waals surface area contributed by atoms with Crippen LogP contribution in [0, 0.1) is 23.7 Å². The number of nitrogens with one attached hydrogen (secondary N) is 2. The maximum absolute atomic E-state index is 10.8. The van der Waals surface area contributed by atoms with Crippen LogP contribution >= 0.6 is 11.8 Å². The van der Waals surface area contributed by atoms with Crippen molar-refractivity contribution in [2.24, 2.45) is 23.7 Å². The second kappa shape index (κ2) is 33.4. The van der Waals surface area contributed by atoms with Crippen LogP contribution in [0.1, 0.15) is 128 Å². The average molecular weight is 789 g/mol. The Kier molecular flexibility index (Phi) is 33.8. The number of carbonyl (C=O) groups excluding carboxylic acids is 1. The van der Waals surface area contributed by atoms with Gasteiger partial charge >= 0.3 is 0 Å². The van der Waals surface area contributed by atoms with Gasteiger partial charge in [-0.15, -0.1) is 11.8 Å². The molecule has 0 fully saturated rings. The zero-order chi connectivity index (χ0) is 39.6. The number of carbonyl (C=O) groups is 1. The number of fused-ring (bicyclic) bond motifs is 4. The Bertz CT molecular complexity index is 1300. The van der Waals surface area contributed by atoms with Crippen molar-refractivity contribution in [1.82, 2.24) is 0 Å². The molecule has 4 aromatic rings. The standard InChI is InChI=1S/C8H7NO.C8H9N.C8H8O.C8H8S.4C4H10.3CH4/c10-8-5-6-3-1-2-4-7(6)9-8;3*1-2-4-8-7(3-1)5-6-9-8;4*1-4(2)3;;;/h1-4H,5H2,(H,9,10);1-4,9H,5-6H2;2*1-4H,5-6H2;4*4H,1-3H3;3*1H4. The maximum Gasteiger partial charge on any atom is 0.228 e. The molecule has 4 aromatic carbocycles. The van der Waals surface area contributed by atoms with Gasteiger partial charge in [-0.05, 0) is 83.0 Å². The van der Waals surface area contributed by atoms with Crippen LogP contribution < -0.4 is 15.4 Å². The van der Waals surface area contributed by atoms with Gasteiger partial charge in [-0.3, -0.25) is 4.79 Å². The van der Waals surface area contributed by atoms with Crippen LogP contribution in [0.2, 0.25) is 0 Å². The summed E-state index contributed by atoms with van der Waals surface area (Å²) in [7, 11) is 0. The largest absolute Gasteiger partial charge is 0.493 e. The van der Waals surface area contributed by atoms with E-state index in [1.165, 1.54) is 45.9 Å². The number of thioether (sulfide) groups is 1. The number of hydrogen-bond acceptors (Lipinski definition) is 4. The molecule has 1 amide bonds. The lowest BCUT2D eigenvalue weighted by molar-refractivity contribution is -0.115. The first-order valence-electron chi connectivity index (χ1n) is 19.8. The molecule has 316 valence electrons. The van der Waals surface area contributed by atoms with E-state index in [-0.39, 0.29) is 28.2 Å². The normalized spacial score (nSPS) is 12.4. The van der Waals surface area contributed by atoms with Crippen LogP contribution in [0.3, 0.4) is 0 Å². The number of para-hydroxylation sites is 3. The molecule has 0 saturated heterocycles. The molecule has 56 heavy (non-hydrogen) atoms. The van der Waals surface area contributed by atoms with E-state index in [4.69, 9.17) is 4.74 Å². The van der Waals surface area contributed by atoms with Gasteiger partial charge in [-0.1, -0.05) is 178 Å². The molecule has 4 nitrogen and oxygen atoms in total. The minimum absolute atomic E-state index is 0. The lowest BCUT2D eigenvalue weighted by atomic mass is 10.2. The van der Waals surface area contributed by atoms with Crippen LogP contribution in [0.5, 0.6) is 5.75 Å². The first kappa shape index (κ1) is 56.6. The average Bonchev–Trinajstić information content (AvgIpc) is 3.90.